The van der Waals surface area contributed by atoms with Gasteiger partial charge < -0.3 is 15.0 Å². The summed E-state index contributed by atoms with van der Waals surface area (Å²) in [6.45, 7) is 7.93. The van der Waals surface area contributed by atoms with Gasteiger partial charge in [-0.3, -0.25) is 9.10 Å². The van der Waals surface area contributed by atoms with Gasteiger partial charge in [0.1, 0.15) is 5.75 Å². The summed E-state index contributed by atoms with van der Waals surface area (Å²) >= 11 is 4.27. The van der Waals surface area contributed by atoms with Crippen LogP contribution in [0.1, 0.15) is 20.8 Å². The van der Waals surface area contributed by atoms with Crippen molar-refractivity contribution < 1.29 is 14.3 Å². The number of hydrogen-bond acceptors (Lipinski definition) is 5. The van der Waals surface area contributed by atoms with E-state index in [0.29, 0.717) is 31.1 Å². The summed E-state index contributed by atoms with van der Waals surface area (Å²) in [7, 11) is 0. The van der Waals surface area contributed by atoms with Gasteiger partial charge in [0.25, 0.3) is 0 Å². The fourth-order valence-corrected chi connectivity index (χ4v) is 1.84. The minimum absolute atomic E-state index is 0.144. The van der Waals surface area contributed by atoms with Gasteiger partial charge in [-0.05, 0) is 31.2 Å². The highest BCUT2D eigenvalue weighted by atomic mass is 32.1. The second kappa shape index (κ2) is 9.32. The molecule has 0 aliphatic heterocycles. The van der Waals surface area contributed by atoms with Crippen LogP contribution in [-0.4, -0.2) is 47.4 Å². The molecule has 7 heteroatoms. The van der Waals surface area contributed by atoms with Crippen LogP contribution in [0, 0.1) is 0 Å². The number of anilines is 1. The Morgan fingerprint density at radius 1 is 1.14 bits per heavy atom. The standard InChI is InChI=1S/C15H23N3O3S/c1-4-17(10-11-18(22)5-2)15(20)21-14-8-6-13(7-9-14)16-12(3)19/h6-9,22H,4-5,10-11H2,1-3H3,(H,16,19). The number of nitrogens with one attached hydrogen (secondary N) is 1. The second-order valence-corrected chi connectivity index (χ2v) is 5.27. The van der Waals surface area contributed by atoms with Crippen LogP contribution in [0.15, 0.2) is 24.3 Å². The van der Waals surface area contributed by atoms with Crippen LogP contribution in [0.4, 0.5) is 10.5 Å². The van der Waals surface area contributed by atoms with Crippen molar-refractivity contribution >= 4 is 30.5 Å². The third-order valence-electron chi connectivity index (χ3n) is 3.01. The average Bonchev–Trinajstić information content (AvgIpc) is 2.49. The highest BCUT2D eigenvalue weighted by Crippen LogP contribution is 2.16. The molecular weight excluding hydrogens is 302 g/mol. The molecule has 0 fully saturated rings. The maximum atomic E-state index is 12.1. The lowest BCUT2D eigenvalue weighted by atomic mass is 10.3. The molecule has 0 aliphatic carbocycles. The molecular formula is C15H23N3O3S. The monoisotopic (exact) mass is 325 g/mol. The van der Waals surface area contributed by atoms with Crippen molar-refractivity contribution in [2.24, 2.45) is 0 Å². The van der Waals surface area contributed by atoms with Crippen LogP contribution < -0.4 is 10.1 Å². The van der Waals surface area contributed by atoms with Crippen molar-refractivity contribution in [3.05, 3.63) is 24.3 Å². The van der Waals surface area contributed by atoms with Gasteiger partial charge in [0.05, 0.1) is 0 Å². The molecule has 2 amide bonds. The predicted octanol–water partition coefficient (Wildman–Crippen LogP) is 2.63. The van der Waals surface area contributed by atoms with Crippen molar-refractivity contribution in [1.82, 2.24) is 9.21 Å². The molecule has 1 rings (SSSR count). The molecule has 0 saturated heterocycles. The first-order valence-corrected chi connectivity index (χ1v) is 7.64. The van der Waals surface area contributed by atoms with Crippen molar-refractivity contribution in [3.8, 4) is 5.75 Å². The third-order valence-corrected chi connectivity index (χ3v) is 3.50. The van der Waals surface area contributed by atoms with Gasteiger partial charge in [-0.1, -0.05) is 19.7 Å². The van der Waals surface area contributed by atoms with E-state index in [4.69, 9.17) is 4.74 Å². The average molecular weight is 325 g/mol. The summed E-state index contributed by atoms with van der Waals surface area (Å²) in [5.41, 5.74) is 0.660. The number of benzene rings is 1. The summed E-state index contributed by atoms with van der Waals surface area (Å²) in [6.07, 6.45) is -0.396. The molecule has 1 N–H and O–H groups in total. The van der Waals surface area contributed by atoms with E-state index < -0.39 is 6.09 Å². The molecule has 0 saturated carbocycles. The van der Waals surface area contributed by atoms with E-state index in [-0.39, 0.29) is 5.91 Å². The van der Waals surface area contributed by atoms with E-state index in [1.54, 1.807) is 29.2 Å². The van der Waals surface area contributed by atoms with E-state index in [1.807, 2.05) is 18.2 Å². The Balaban J connectivity index is 2.56. The Hall–Kier alpha value is -1.73. The van der Waals surface area contributed by atoms with Gasteiger partial charge in [-0.25, -0.2) is 4.79 Å². The summed E-state index contributed by atoms with van der Waals surface area (Å²) in [5.74, 6) is 0.296. The fourth-order valence-electron chi connectivity index (χ4n) is 1.75. The molecule has 0 radical (unpaired) electrons. The molecule has 0 aliphatic rings. The highest BCUT2D eigenvalue weighted by Gasteiger charge is 2.14. The van der Waals surface area contributed by atoms with E-state index >= 15 is 0 Å². The molecule has 22 heavy (non-hydrogen) atoms. The van der Waals surface area contributed by atoms with E-state index in [1.165, 1.54) is 6.92 Å². The van der Waals surface area contributed by atoms with Gasteiger partial charge in [-0.15, -0.1) is 0 Å². The number of hydrogen-bond donors (Lipinski definition) is 2. The first-order chi connectivity index (χ1) is 10.5. The van der Waals surface area contributed by atoms with E-state index in [0.717, 1.165) is 6.54 Å². The van der Waals surface area contributed by atoms with Gasteiger partial charge >= 0.3 is 6.09 Å². The summed E-state index contributed by atoms with van der Waals surface area (Å²) < 4.78 is 7.16. The minimum atomic E-state index is -0.396. The quantitative estimate of drug-likeness (QED) is 0.757. The summed E-state index contributed by atoms with van der Waals surface area (Å²) in [4.78, 5) is 24.7. The SMILES string of the molecule is CCN(S)CCN(CC)C(=O)Oc1ccc(NC(C)=O)cc1. The molecule has 122 valence electrons. The number of thiol groups is 1. The molecule has 0 unspecified atom stereocenters. The summed E-state index contributed by atoms with van der Waals surface area (Å²) in [5, 5.41) is 2.65. The van der Waals surface area contributed by atoms with Crippen molar-refractivity contribution in [1.29, 1.82) is 0 Å². The van der Waals surface area contributed by atoms with Crippen LogP contribution in [0.25, 0.3) is 0 Å². The number of rotatable bonds is 7. The number of likely N-dealkylation sites (N-methyl/N-ethyl adjacent to an activating group) is 2. The van der Waals surface area contributed by atoms with Crippen LogP contribution >= 0.6 is 12.8 Å². The Labute approximate surface area is 137 Å². The number of carbonyl (C=O) groups excluding carboxylic acids is 2. The summed E-state index contributed by atoms with van der Waals surface area (Å²) in [6, 6.07) is 6.67. The van der Waals surface area contributed by atoms with Crippen LogP contribution in [0.5, 0.6) is 5.75 Å². The van der Waals surface area contributed by atoms with Crippen LogP contribution in [0.2, 0.25) is 0 Å². The van der Waals surface area contributed by atoms with Crippen molar-refractivity contribution in [3.63, 3.8) is 0 Å². The Morgan fingerprint density at radius 2 is 1.77 bits per heavy atom. The minimum Gasteiger partial charge on any atom is -0.410 e. The zero-order chi connectivity index (χ0) is 16.5. The topological polar surface area (TPSA) is 61.9 Å². The normalized spacial score (nSPS) is 10.4. The largest absolute Gasteiger partial charge is 0.415 e. The molecule has 0 aromatic heterocycles. The molecule has 6 nitrogen and oxygen atoms in total. The molecule has 1 aromatic carbocycles. The van der Waals surface area contributed by atoms with Crippen molar-refractivity contribution in [2.75, 3.05) is 31.5 Å². The van der Waals surface area contributed by atoms with Crippen LogP contribution in [0.3, 0.4) is 0 Å². The van der Waals surface area contributed by atoms with E-state index in [2.05, 4.69) is 18.1 Å². The third kappa shape index (κ3) is 6.36. The zero-order valence-corrected chi connectivity index (χ0v) is 14.1. The first-order valence-electron chi connectivity index (χ1n) is 7.24. The fraction of sp³-hybridized carbons (Fsp3) is 0.467. The maximum Gasteiger partial charge on any atom is 0.415 e. The van der Waals surface area contributed by atoms with Crippen molar-refractivity contribution in [2.45, 2.75) is 20.8 Å². The van der Waals surface area contributed by atoms with Gasteiger partial charge in [0.15, 0.2) is 0 Å². The van der Waals surface area contributed by atoms with E-state index in [9.17, 15) is 9.59 Å². The number of nitrogens with zero attached hydrogens (tertiary/aromatic N) is 2. The highest BCUT2D eigenvalue weighted by molar-refractivity contribution is 7.77. The zero-order valence-electron chi connectivity index (χ0n) is 13.2. The molecule has 1 aromatic rings. The lowest BCUT2D eigenvalue weighted by molar-refractivity contribution is -0.114. The molecule has 0 spiro atoms. The molecule has 0 atom stereocenters. The lowest BCUT2D eigenvalue weighted by Crippen LogP contribution is -2.38. The van der Waals surface area contributed by atoms with Gasteiger partial charge in [0.2, 0.25) is 5.91 Å². The number of ether oxygens (including phenoxy) is 1. The van der Waals surface area contributed by atoms with Crippen LogP contribution in [-0.2, 0) is 4.79 Å². The number of carbonyl (C=O) groups is 2. The molecule has 0 bridgehead atoms. The Morgan fingerprint density at radius 3 is 2.27 bits per heavy atom. The van der Waals surface area contributed by atoms with Gasteiger partial charge in [-0.2, -0.15) is 0 Å². The smallest absolute Gasteiger partial charge is 0.410 e. The lowest BCUT2D eigenvalue weighted by Gasteiger charge is -2.22. The number of amides is 2. The Bertz CT molecular complexity index is 493. The Kier molecular flexibility index (Phi) is 7.76. The molecule has 0 heterocycles. The first kappa shape index (κ1) is 18.3. The van der Waals surface area contributed by atoms with Gasteiger partial charge in [0, 0.05) is 38.8 Å². The predicted molar refractivity (Wildman–Crippen MR) is 90.2 cm³/mol. The second-order valence-electron chi connectivity index (χ2n) is 4.70. The maximum absolute atomic E-state index is 12.1.